The Morgan fingerprint density at radius 2 is 2.17 bits per heavy atom. The number of nitrogen functional groups attached to an aromatic ring is 1. The summed E-state index contributed by atoms with van der Waals surface area (Å²) >= 11 is 3.07. The van der Waals surface area contributed by atoms with Crippen molar-refractivity contribution in [3.63, 3.8) is 0 Å². The molecule has 0 amide bonds. The molecule has 2 rings (SSSR count). The minimum Gasteiger partial charge on any atom is -0.382 e. The third kappa shape index (κ3) is 2.64. The van der Waals surface area contributed by atoms with Crippen LogP contribution in [-0.2, 0) is 0 Å². The van der Waals surface area contributed by atoms with Crippen LogP contribution in [0.25, 0.3) is 10.6 Å². The molecule has 0 saturated carbocycles. The largest absolute Gasteiger partial charge is 0.382 e. The van der Waals surface area contributed by atoms with Crippen LogP contribution in [-0.4, -0.2) is 22.9 Å². The summed E-state index contributed by atoms with van der Waals surface area (Å²) in [7, 11) is 2.08. The first kappa shape index (κ1) is 13.3. The summed E-state index contributed by atoms with van der Waals surface area (Å²) in [5.41, 5.74) is 8.00. The van der Waals surface area contributed by atoms with Gasteiger partial charge >= 0.3 is 0 Å². The van der Waals surface area contributed by atoms with Crippen LogP contribution in [0.15, 0.2) is 5.38 Å². The normalized spacial score (nSPS) is 11.2. The molecule has 2 N–H and O–H groups in total. The summed E-state index contributed by atoms with van der Waals surface area (Å²) in [6.45, 7) is 7.38. The molecule has 0 spiro atoms. The number of rotatable bonds is 4. The fourth-order valence-corrected chi connectivity index (χ4v) is 3.55. The molecule has 0 atom stereocenters. The standard InChI is InChI=1S/C12H18N4S2/c1-7(2)5-16(4)12-9(10(13)15-18-12)11-14-8(3)6-17-11/h6-7H,5H2,1-4H3,(H2,13,15). The smallest absolute Gasteiger partial charge is 0.149 e. The maximum Gasteiger partial charge on any atom is 0.149 e. The van der Waals surface area contributed by atoms with E-state index in [1.807, 2.05) is 12.3 Å². The Hall–Kier alpha value is -1.14. The zero-order chi connectivity index (χ0) is 13.3. The average molecular weight is 282 g/mol. The van der Waals surface area contributed by atoms with Gasteiger partial charge in [0, 0.05) is 24.7 Å². The Labute approximate surface area is 116 Å². The molecule has 0 aliphatic heterocycles. The van der Waals surface area contributed by atoms with E-state index in [0.717, 1.165) is 27.8 Å². The van der Waals surface area contributed by atoms with Crippen LogP contribution in [0.3, 0.4) is 0 Å². The van der Waals surface area contributed by atoms with Gasteiger partial charge in [0.2, 0.25) is 0 Å². The molecule has 0 aliphatic rings. The molecule has 2 aromatic heterocycles. The molecule has 0 aromatic carbocycles. The maximum absolute atomic E-state index is 5.99. The molecule has 4 nitrogen and oxygen atoms in total. The number of thiazole rings is 1. The van der Waals surface area contributed by atoms with Gasteiger partial charge in [-0.2, -0.15) is 4.37 Å². The highest BCUT2D eigenvalue weighted by molar-refractivity contribution is 7.15. The summed E-state index contributed by atoms with van der Waals surface area (Å²) in [4.78, 5) is 6.73. The minimum atomic E-state index is 0.583. The van der Waals surface area contributed by atoms with Crippen LogP contribution >= 0.6 is 22.9 Å². The number of nitrogens with zero attached hydrogens (tertiary/aromatic N) is 3. The molecule has 0 unspecified atom stereocenters. The zero-order valence-electron chi connectivity index (χ0n) is 11.1. The van der Waals surface area contributed by atoms with Gasteiger partial charge in [-0.05, 0) is 24.4 Å². The zero-order valence-corrected chi connectivity index (χ0v) is 12.7. The number of aryl methyl sites for hydroxylation is 1. The molecule has 0 fully saturated rings. The van der Waals surface area contributed by atoms with E-state index in [1.54, 1.807) is 11.3 Å². The predicted molar refractivity (Wildman–Crippen MR) is 80.5 cm³/mol. The summed E-state index contributed by atoms with van der Waals surface area (Å²) in [6.07, 6.45) is 0. The molecular weight excluding hydrogens is 264 g/mol. The van der Waals surface area contributed by atoms with Crippen molar-refractivity contribution in [1.82, 2.24) is 9.36 Å². The molecule has 0 bridgehead atoms. The van der Waals surface area contributed by atoms with Crippen molar-refractivity contribution >= 4 is 33.7 Å². The molecule has 0 saturated heterocycles. The van der Waals surface area contributed by atoms with Crippen LogP contribution in [0, 0.1) is 12.8 Å². The lowest BCUT2D eigenvalue weighted by molar-refractivity contribution is 0.641. The SMILES string of the molecule is Cc1csc(-c2c(N)nsc2N(C)CC(C)C)n1. The Kier molecular flexibility index (Phi) is 3.87. The van der Waals surface area contributed by atoms with Crippen molar-refractivity contribution in [3.05, 3.63) is 11.1 Å². The van der Waals surface area contributed by atoms with Crippen LogP contribution < -0.4 is 10.6 Å². The third-order valence-corrected chi connectivity index (χ3v) is 4.47. The summed E-state index contributed by atoms with van der Waals surface area (Å²) < 4.78 is 4.28. The predicted octanol–water partition coefficient (Wildman–Crippen LogP) is 3.25. The van der Waals surface area contributed by atoms with Gasteiger partial charge in [-0.1, -0.05) is 13.8 Å². The van der Waals surface area contributed by atoms with Crippen molar-refractivity contribution in [2.45, 2.75) is 20.8 Å². The van der Waals surface area contributed by atoms with E-state index < -0.39 is 0 Å². The van der Waals surface area contributed by atoms with Crippen molar-refractivity contribution in [1.29, 1.82) is 0 Å². The highest BCUT2D eigenvalue weighted by atomic mass is 32.1. The summed E-state index contributed by atoms with van der Waals surface area (Å²) in [6, 6.07) is 0. The molecule has 0 aliphatic carbocycles. The number of nitrogens with two attached hydrogens (primary N) is 1. The van der Waals surface area contributed by atoms with Crippen LogP contribution in [0.2, 0.25) is 0 Å². The molecule has 98 valence electrons. The average Bonchev–Trinajstić information content (AvgIpc) is 2.83. The van der Waals surface area contributed by atoms with Crippen LogP contribution in [0.5, 0.6) is 0 Å². The van der Waals surface area contributed by atoms with Crippen LogP contribution in [0.1, 0.15) is 19.5 Å². The van der Waals surface area contributed by atoms with Crippen molar-refractivity contribution in [3.8, 4) is 10.6 Å². The first-order valence-corrected chi connectivity index (χ1v) is 7.53. The molecule has 0 radical (unpaired) electrons. The highest BCUT2D eigenvalue weighted by Gasteiger charge is 2.19. The van der Waals surface area contributed by atoms with Gasteiger partial charge in [0.05, 0.1) is 5.56 Å². The molecule has 6 heteroatoms. The van der Waals surface area contributed by atoms with Gasteiger partial charge in [0.1, 0.15) is 15.8 Å². The van der Waals surface area contributed by atoms with E-state index in [-0.39, 0.29) is 0 Å². The van der Waals surface area contributed by atoms with Crippen molar-refractivity contribution in [2.24, 2.45) is 5.92 Å². The topological polar surface area (TPSA) is 55.0 Å². The Morgan fingerprint density at radius 1 is 1.44 bits per heavy atom. The highest BCUT2D eigenvalue weighted by Crippen LogP contribution is 2.40. The van der Waals surface area contributed by atoms with E-state index in [1.165, 1.54) is 11.5 Å². The molecular formula is C12H18N4S2. The van der Waals surface area contributed by atoms with Gasteiger partial charge in [0.15, 0.2) is 0 Å². The lowest BCUT2D eigenvalue weighted by Gasteiger charge is -2.20. The van der Waals surface area contributed by atoms with Crippen molar-refractivity contribution < 1.29 is 0 Å². The lowest BCUT2D eigenvalue weighted by Crippen LogP contribution is -2.22. The van der Waals surface area contributed by atoms with Gasteiger partial charge in [0.25, 0.3) is 0 Å². The monoisotopic (exact) mass is 282 g/mol. The fraction of sp³-hybridized carbons (Fsp3) is 0.500. The minimum absolute atomic E-state index is 0.583. The summed E-state index contributed by atoms with van der Waals surface area (Å²) in [5, 5.41) is 4.11. The van der Waals surface area contributed by atoms with E-state index in [0.29, 0.717) is 11.7 Å². The lowest BCUT2D eigenvalue weighted by atomic mass is 10.2. The number of aromatic nitrogens is 2. The Morgan fingerprint density at radius 3 is 2.72 bits per heavy atom. The van der Waals surface area contributed by atoms with Gasteiger partial charge < -0.3 is 10.6 Å². The Bertz CT molecular complexity index is 530. The number of hydrogen-bond acceptors (Lipinski definition) is 6. The number of hydrogen-bond donors (Lipinski definition) is 1. The second-order valence-corrected chi connectivity index (χ2v) is 6.43. The third-order valence-electron chi connectivity index (χ3n) is 2.52. The van der Waals surface area contributed by atoms with E-state index in [9.17, 15) is 0 Å². The fourth-order valence-electron chi connectivity index (χ4n) is 1.85. The maximum atomic E-state index is 5.99. The number of anilines is 2. The molecule has 18 heavy (non-hydrogen) atoms. The van der Waals surface area contributed by atoms with E-state index >= 15 is 0 Å². The second-order valence-electron chi connectivity index (χ2n) is 4.82. The molecule has 2 aromatic rings. The Balaban J connectivity index is 2.38. The molecule has 2 heterocycles. The van der Waals surface area contributed by atoms with Gasteiger partial charge in [-0.3, -0.25) is 0 Å². The second kappa shape index (κ2) is 5.24. The van der Waals surface area contributed by atoms with Crippen LogP contribution in [0.4, 0.5) is 10.8 Å². The first-order chi connectivity index (χ1) is 8.49. The quantitative estimate of drug-likeness (QED) is 0.935. The van der Waals surface area contributed by atoms with E-state index in [4.69, 9.17) is 5.73 Å². The van der Waals surface area contributed by atoms with Gasteiger partial charge in [-0.15, -0.1) is 11.3 Å². The van der Waals surface area contributed by atoms with Crippen molar-refractivity contribution in [2.75, 3.05) is 24.2 Å². The summed E-state index contributed by atoms with van der Waals surface area (Å²) in [5.74, 6) is 1.18. The first-order valence-electron chi connectivity index (χ1n) is 5.87. The van der Waals surface area contributed by atoms with Gasteiger partial charge in [-0.25, -0.2) is 4.98 Å². The van der Waals surface area contributed by atoms with E-state index in [2.05, 4.69) is 35.2 Å².